The molecule has 2 heterocycles. The minimum atomic E-state index is -0.454. The Bertz CT molecular complexity index is 766. The van der Waals surface area contributed by atoms with Crippen LogP contribution in [0, 0.1) is 0 Å². The fraction of sp³-hybridized carbons (Fsp3) is 0.409. The van der Waals surface area contributed by atoms with Gasteiger partial charge in [0.05, 0.1) is 11.4 Å². The average Bonchev–Trinajstić information content (AvgIpc) is 2.68. The molecule has 1 fully saturated rings. The Hall–Kier alpha value is -2.33. The van der Waals surface area contributed by atoms with Gasteiger partial charge >= 0.3 is 0 Å². The monoisotopic (exact) mass is 349 g/mol. The number of rotatable bonds is 4. The molecule has 1 amide bonds. The van der Waals surface area contributed by atoms with Crippen molar-refractivity contribution in [3.05, 3.63) is 60.2 Å². The highest BCUT2D eigenvalue weighted by molar-refractivity contribution is 6.06. The number of carbonyl (C=O) groups is 1. The van der Waals surface area contributed by atoms with E-state index in [-0.39, 0.29) is 5.91 Å². The first-order valence-corrected chi connectivity index (χ1v) is 9.63. The number of hydrogen-bond donors (Lipinski definition) is 2. The van der Waals surface area contributed by atoms with Crippen molar-refractivity contribution in [1.29, 1.82) is 0 Å². The molecule has 2 N–H and O–H groups in total. The number of nitrogens with zero attached hydrogens (tertiary/aromatic N) is 1. The van der Waals surface area contributed by atoms with Crippen molar-refractivity contribution in [1.82, 2.24) is 4.90 Å². The van der Waals surface area contributed by atoms with Crippen LogP contribution in [0.4, 0.5) is 11.4 Å². The van der Waals surface area contributed by atoms with Crippen molar-refractivity contribution < 1.29 is 4.79 Å². The SMILES string of the molecule is CC(CCc1ccccc1)N1CCC2(CC1)Nc1ccccc1NC2=O. The number of hydrogen-bond acceptors (Lipinski definition) is 3. The number of para-hydroxylation sites is 2. The Morgan fingerprint density at radius 3 is 2.38 bits per heavy atom. The zero-order valence-electron chi connectivity index (χ0n) is 15.4. The van der Waals surface area contributed by atoms with E-state index in [4.69, 9.17) is 0 Å². The van der Waals surface area contributed by atoms with E-state index in [0.29, 0.717) is 6.04 Å². The van der Waals surface area contributed by atoms with Gasteiger partial charge in [-0.1, -0.05) is 42.5 Å². The Morgan fingerprint density at radius 2 is 1.65 bits per heavy atom. The van der Waals surface area contributed by atoms with Crippen molar-refractivity contribution in [3.8, 4) is 0 Å². The van der Waals surface area contributed by atoms with Gasteiger partial charge in [0.1, 0.15) is 5.54 Å². The fourth-order valence-electron chi connectivity index (χ4n) is 4.16. The lowest BCUT2D eigenvalue weighted by atomic mass is 9.83. The number of nitrogens with one attached hydrogen (secondary N) is 2. The van der Waals surface area contributed by atoms with Crippen molar-refractivity contribution in [2.75, 3.05) is 23.7 Å². The Morgan fingerprint density at radius 1 is 1.00 bits per heavy atom. The third kappa shape index (κ3) is 3.34. The molecule has 0 radical (unpaired) electrons. The molecular weight excluding hydrogens is 322 g/mol. The van der Waals surface area contributed by atoms with Gasteiger partial charge in [-0.25, -0.2) is 0 Å². The third-order valence-electron chi connectivity index (χ3n) is 5.95. The fourth-order valence-corrected chi connectivity index (χ4v) is 4.16. The molecule has 0 aliphatic carbocycles. The normalized spacial score (nSPS) is 20.1. The lowest BCUT2D eigenvalue weighted by molar-refractivity contribution is -0.122. The summed E-state index contributed by atoms with van der Waals surface area (Å²) in [6.45, 7) is 4.22. The van der Waals surface area contributed by atoms with E-state index in [0.717, 1.165) is 50.1 Å². The minimum Gasteiger partial charge on any atom is -0.369 e. The topological polar surface area (TPSA) is 44.4 Å². The summed E-state index contributed by atoms with van der Waals surface area (Å²) < 4.78 is 0. The second-order valence-corrected chi connectivity index (χ2v) is 7.62. The average molecular weight is 349 g/mol. The van der Waals surface area contributed by atoms with Crippen LogP contribution in [0.3, 0.4) is 0 Å². The molecule has 26 heavy (non-hydrogen) atoms. The van der Waals surface area contributed by atoms with Crippen LogP contribution in [0.2, 0.25) is 0 Å². The van der Waals surface area contributed by atoms with Crippen molar-refractivity contribution >= 4 is 17.3 Å². The summed E-state index contributed by atoms with van der Waals surface area (Å²) in [7, 11) is 0. The molecule has 4 rings (SSSR count). The van der Waals surface area contributed by atoms with Crippen molar-refractivity contribution in [2.24, 2.45) is 0 Å². The van der Waals surface area contributed by atoms with E-state index >= 15 is 0 Å². The molecule has 0 saturated carbocycles. The van der Waals surface area contributed by atoms with Gasteiger partial charge in [-0.3, -0.25) is 4.79 Å². The van der Waals surface area contributed by atoms with Gasteiger partial charge in [-0.15, -0.1) is 0 Å². The first-order chi connectivity index (χ1) is 12.7. The summed E-state index contributed by atoms with van der Waals surface area (Å²) in [5.74, 6) is 0.118. The molecule has 0 aromatic heterocycles. The van der Waals surface area contributed by atoms with Gasteiger partial charge in [0, 0.05) is 19.1 Å². The molecule has 2 aromatic rings. The number of carbonyl (C=O) groups excluding carboxylic acids is 1. The van der Waals surface area contributed by atoms with E-state index in [1.54, 1.807) is 0 Å². The Labute approximate surface area is 155 Å². The number of amides is 1. The van der Waals surface area contributed by atoms with Crippen LogP contribution in [-0.2, 0) is 11.2 Å². The maximum absolute atomic E-state index is 12.7. The molecule has 2 aliphatic rings. The zero-order chi connectivity index (χ0) is 18.0. The molecule has 1 saturated heterocycles. The van der Waals surface area contributed by atoms with E-state index in [1.807, 2.05) is 24.3 Å². The maximum atomic E-state index is 12.7. The summed E-state index contributed by atoms with van der Waals surface area (Å²) in [5.41, 5.74) is 2.88. The number of fused-ring (bicyclic) bond motifs is 1. The smallest absolute Gasteiger partial charge is 0.250 e. The van der Waals surface area contributed by atoms with Crippen molar-refractivity contribution in [3.63, 3.8) is 0 Å². The first kappa shape index (κ1) is 17.1. The second kappa shape index (κ2) is 7.12. The minimum absolute atomic E-state index is 0.118. The van der Waals surface area contributed by atoms with Gasteiger partial charge in [-0.05, 0) is 50.3 Å². The first-order valence-electron chi connectivity index (χ1n) is 9.63. The van der Waals surface area contributed by atoms with Gasteiger partial charge in [0.15, 0.2) is 0 Å². The molecule has 2 aromatic carbocycles. The van der Waals surface area contributed by atoms with E-state index in [9.17, 15) is 4.79 Å². The van der Waals surface area contributed by atoms with E-state index in [2.05, 4.69) is 52.8 Å². The van der Waals surface area contributed by atoms with E-state index in [1.165, 1.54) is 5.56 Å². The quantitative estimate of drug-likeness (QED) is 0.880. The lowest BCUT2D eigenvalue weighted by Gasteiger charge is -2.45. The van der Waals surface area contributed by atoms with Gasteiger partial charge in [0.2, 0.25) is 5.91 Å². The van der Waals surface area contributed by atoms with Crippen LogP contribution < -0.4 is 10.6 Å². The summed E-state index contributed by atoms with van der Waals surface area (Å²) in [5, 5.41) is 6.63. The molecule has 4 nitrogen and oxygen atoms in total. The van der Waals surface area contributed by atoms with Crippen LogP contribution in [0.25, 0.3) is 0 Å². The van der Waals surface area contributed by atoms with Gasteiger partial charge < -0.3 is 15.5 Å². The number of anilines is 2. The molecule has 2 aliphatic heterocycles. The largest absolute Gasteiger partial charge is 0.369 e. The van der Waals surface area contributed by atoms with Crippen LogP contribution in [0.15, 0.2) is 54.6 Å². The molecule has 0 bridgehead atoms. The van der Waals surface area contributed by atoms with Crippen LogP contribution in [-0.4, -0.2) is 35.5 Å². The predicted octanol–water partition coefficient (Wildman–Crippen LogP) is 3.91. The van der Waals surface area contributed by atoms with E-state index < -0.39 is 5.54 Å². The summed E-state index contributed by atoms with van der Waals surface area (Å²) >= 11 is 0. The van der Waals surface area contributed by atoms with Gasteiger partial charge in [0.25, 0.3) is 0 Å². The summed E-state index contributed by atoms with van der Waals surface area (Å²) in [6.07, 6.45) is 3.96. The van der Waals surface area contributed by atoms with Gasteiger partial charge in [-0.2, -0.15) is 0 Å². The molecular formula is C22H27N3O. The highest BCUT2D eigenvalue weighted by Gasteiger charge is 2.44. The number of piperidine rings is 1. The lowest BCUT2D eigenvalue weighted by Crippen LogP contribution is -2.59. The zero-order valence-corrected chi connectivity index (χ0v) is 15.4. The molecule has 1 unspecified atom stereocenters. The second-order valence-electron chi connectivity index (χ2n) is 7.62. The van der Waals surface area contributed by atoms with Crippen LogP contribution in [0.5, 0.6) is 0 Å². The third-order valence-corrected chi connectivity index (χ3v) is 5.95. The highest BCUT2D eigenvalue weighted by Crippen LogP contribution is 2.36. The number of aryl methyl sites for hydroxylation is 1. The predicted molar refractivity (Wildman–Crippen MR) is 106 cm³/mol. The standard InChI is InChI=1S/C22H27N3O/c1-17(11-12-18-7-3-2-4-8-18)25-15-13-22(14-16-25)21(26)23-19-9-5-6-10-20(19)24-22/h2-10,17,24H,11-16H2,1H3,(H,23,26). The number of likely N-dealkylation sites (tertiary alicyclic amines) is 1. The Balaban J connectivity index is 1.36. The number of benzene rings is 2. The molecule has 1 atom stereocenters. The molecule has 136 valence electrons. The molecule has 1 spiro atoms. The van der Waals surface area contributed by atoms with Crippen LogP contribution in [0.1, 0.15) is 31.7 Å². The van der Waals surface area contributed by atoms with Crippen LogP contribution >= 0.6 is 0 Å². The van der Waals surface area contributed by atoms with Crippen molar-refractivity contribution in [2.45, 2.75) is 44.2 Å². The summed E-state index contributed by atoms with van der Waals surface area (Å²) in [4.78, 5) is 15.3. The summed E-state index contributed by atoms with van der Waals surface area (Å²) in [6, 6.07) is 19.2. The maximum Gasteiger partial charge on any atom is 0.250 e. The molecule has 4 heteroatoms. The Kier molecular flexibility index (Phi) is 4.68. The highest BCUT2D eigenvalue weighted by atomic mass is 16.2.